The molecule has 1 aromatic carbocycles. The standard InChI is InChI=1S/C22H30N4O/c1-19(15-20-5-3-4-6-21(20)18-27-2)17-26-13-11-25(12-14-26)10-7-22-16-23-8-9-24-22/h3-6,8-9,15-16H,7,10-14,17-18H2,1-2H3/b19-15+. The highest BCUT2D eigenvalue weighted by atomic mass is 16.5. The number of piperazine rings is 1. The first-order chi connectivity index (χ1) is 13.2. The molecule has 0 amide bonds. The minimum Gasteiger partial charge on any atom is -0.380 e. The van der Waals surface area contributed by atoms with Crippen LogP contribution in [0.1, 0.15) is 23.7 Å². The molecule has 1 aliphatic heterocycles. The van der Waals surface area contributed by atoms with Gasteiger partial charge in [0.15, 0.2) is 0 Å². The van der Waals surface area contributed by atoms with Crippen LogP contribution in [0, 0.1) is 0 Å². The smallest absolute Gasteiger partial charge is 0.0718 e. The maximum Gasteiger partial charge on any atom is 0.0718 e. The minimum absolute atomic E-state index is 0.657. The molecular weight excluding hydrogens is 336 g/mol. The highest BCUT2D eigenvalue weighted by Crippen LogP contribution is 2.15. The SMILES string of the molecule is COCc1ccccc1/C=C(\C)CN1CCN(CCc2cnccn2)CC1. The molecule has 3 rings (SSSR count). The molecule has 0 bridgehead atoms. The third kappa shape index (κ3) is 6.24. The number of aromatic nitrogens is 2. The number of benzene rings is 1. The Labute approximate surface area is 162 Å². The van der Waals surface area contributed by atoms with Gasteiger partial charge < -0.3 is 9.64 Å². The lowest BCUT2D eigenvalue weighted by molar-refractivity contribution is 0.141. The Bertz CT molecular complexity index is 724. The van der Waals surface area contributed by atoms with Crippen molar-refractivity contribution in [2.45, 2.75) is 20.0 Å². The van der Waals surface area contributed by atoms with E-state index in [9.17, 15) is 0 Å². The van der Waals surface area contributed by atoms with E-state index in [-0.39, 0.29) is 0 Å². The molecule has 0 N–H and O–H groups in total. The van der Waals surface area contributed by atoms with Crippen molar-refractivity contribution in [3.05, 3.63) is 65.2 Å². The van der Waals surface area contributed by atoms with Crippen molar-refractivity contribution in [3.8, 4) is 0 Å². The lowest BCUT2D eigenvalue weighted by Crippen LogP contribution is -2.47. The number of hydrogen-bond acceptors (Lipinski definition) is 5. The molecule has 2 heterocycles. The maximum absolute atomic E-state index is 5.31. The Morgan fingerprint density at radius 3 is 2.63 bits per heavy atom. The van der Waals surface area contributed by atoms with Crippen molar-refractivity contribution in [2.75, 3.05) is 46.4 Å². The van der Waals surface area contributed by atoms with Gasteiger partial charge in [-0.3, -0.25) is 14.9 Å². The predicted octanol–water partition coefficient (Wildman–Crippen LogP) is 2.89. The first kappa shape index (κ1) is 19.7. The molecule has 1 aliphatic rings. The number of methoxy groups -OCH3 is 1. The molecule has 2 aromatic rings. The van der Waals surface area contributed by atoms with Gasteiger partial charge >= 0.3 is 0 Å². The van der Waals surface area contributed by atoms with Crippen molar-refractivity contribution in [3.63, 3.8) is 0 Å². The van der Waals surface area contributed by atoms with Gasteiger partial charge in [0.1, 0.15) is 0 Å². The van der Waals surface area contributed by atoms with Gasteiger partial charge in [-0.1, -0.05) is 35.9 Å². The lowest BCUT2D eigenvalue weighted by atomic mass is 10.1. The van der Waals surface area contributed by atoms with Gasteiger partial charge in [-0.15, -0.1) is 0 Å². The van der Waals surface area contributed by atoms with E-state index >= 15 is 0 Å². The van der Waals surface area contributed by atoms with E-state index in [2.05, 4.69) is 57.0 Å². The van der Waals surface area contributed by atoms with Crippen LogP contribution in [0.4, 0.5) is 0 Å². The van der Waals surface area contributed by atoms with Crippen molar-refractivity contribution in [1.82, 2.24) is 19.8 Å². The number of hydrogen-bond donors (Lipinski definition) is 0. The first-order valence-corrected chi connectivity index (χ1v) is 9.68. The number of ether oxygens (including phenoxy) is 1. The van der Waals surface area contributed by atoms with Crippen molar-refractivity contribution >= 4 is 6.08 Å². The Hall–Kier alpha value is -2.08. The van der Waals surface area contributed by atoms with E-state index < -0.39 is 0 Å². The molecular formula is C22H30N4O. The summed E-state index contributed by atoms with van der Waals surface area (Å²) in [6, 6.07) is 8.47. The van der Waals surface area contributed by atoms with Crippen LogP contribution in [0.15, 0.2) is 48.4 Å². The molecule has 0 atom stereocenters. The fraction of sp³-hybridized carbons (Fsp3) is 0.455. The van der Waals surface area contributed by atoms with Crippen LogP contribution in [-0.4, -0.2) is 66.1 Å². The summed E-state index contributed by atoms with van der Waals surface area (Å²) in [5.74, 6) is 0. The summed E-state index contributed by atoms with van der Waals surface area (Å²) in [6.45, 7) is 9.44. The molecule has 0 saturated carbocycles. The molecule has 0 radical (unpaired) electrons. The van der Waals surface area contributed by atoms with Crippen LogP contribution >= 0.6 is 0 Å². The molecule has 144 valence electrons. The van der Waals surface area contributed by atoms with Gasteiger partial charge in [-0.25, -0.2) is 0 Å². The monoisotopic (exact) mass is 366 g/mol. The lowest BCUT2D eigenvalue weighted by Gasteiger charge is -2.34. The molecule has 0 unspecified atom stereocenters. The second-order valence-corrected chi connectivity index (χ2v) is 7.19. The fourth-order valence-electron chi connectivity index (χ4n) is 3.53. The van der Waals surface area contributed by atoms with Crippen molar-refractivity contribution < 1.29 is 4.74 Å². The third-order valence-corrected chi connectivity index (χ3v) is 5.00. The summed E-state index contributed by atoms with van der Waals surface area (Å²) in [4.78, 5) is 13.6. The van der Waals surface area contributed by atoms with Crippen LogP contribution in [0.25, 0.3) is 6.08 Å². The highest BCUT2D eigenvalue weighted by molar-refractivity contribution is 5.56. The second-order valence-electron chi connectivity index (χ2n) is 7.19. The Kier molecular flexibility index (Phi) is 7.51. The van der Waals surface area contributed by atoms with Crippen LogP contribution in [-0.2, 0) is 17.8 Å². The second kappa shape index (κ2) is 10.3. The van der Waals surface area contributed by atoms with Crippen molar-refractivity contribution in [2.24, 2.45) is 0 Å². The van der Waals surface area contributed by atoms with Crippen molar-refractivity contribution in [1.29, 1.82) is 0 Å². The summed E-state index contributed by atoms with van der Waals surface area (Å²) in [6.07, 6.45) is 8.64. The van der Waals surface area contributed by atoms with Crippen LogP contribution < -0.4 is 0 Å². The molecule has 27 heavy (non-hydrogen) atoms. The summed E-state index contributed by atoms with van der Waals surface area (Å²) in [5.41, 5.74) is 4.98. The van der Waals surface area contributed by atoms with E-state index in [4.69, 9.17) is 4.74 Å². The zero-order valence-corrected chi connectivity index (χ0v) is 16.5. The van der Waals surface area contributed by atoms with Crippen LogP contribution in [0.3, 0.4) is 0 Å². The van der Waals surface area contributed by atoms with E-state index in [1.165, 1.54) is 16.7 Å². The fourth-order valence-corrected chi connectivity index (χ4v) is 3.53. The molecule has 1 fully saturated rings. The normalized spacial score (nSPS) is 16.6. The van der Waals surface area contributed by atoms with Gasteiger partial charge in [0.25, 0.3) is 0 Å². The summed E-state index contributed by atoms with van der Waals surface area (Å²) in [7, 11) is 1.75. The number of rotatable bonds is 8. The number of nitrogens with zero attached hydrogens (tertiary/aromatic N) is 4. The maximum atomic E-state index is 5.31. The predicted molar refractivity (Wildman–Crippen MR) is 109 cm³/mol. The van der Waals surface area contributed by atoms with E-state index in [0.717, 1.165) is 51.4 Å². The van der Waals surface area contributed by atoms with Gasteiger partial charge in [-0.2, -0.15) is 0 Å². The first-order valence-electron chi connectivity index (χ1n) is 9.68. The van der Waals surface area contributed by atoms with Gasteiger partial charge in [0.05, 0.1) is 12.3 Å². The summed E-state index contributed by atoms with van der Waals surface area (Å²) in [5, 5.41) is 0. The average molecular weight is 367 g/mol. The third-order valence-electron chi connectivity index (χ3n) is 5.00. The summed E-state index contributed by atoms with van der Waals surface area (Å²) < 4.78 is 5.31. The molecule has 5 heteroatoms. The molecule has 0 aliphatic carbocycles. The topological polar surface area (TPSA) is 41.5 Å². The van der Waals surface area contributed by atoms with Gasteiger partial charge in [0.2, 0.25) is 0 Å². The Morgan fingerprint density at radius 1 is 1.11 bits per heavy atom. The van der Waals surface area contributed by atoms with Gasteiger partial charge in [0, 0.05) is 71.4 Å². The quantitative estimate of drug-likeness (QED) is 0.719. The summed E-state index contributed by atoms with van der Waals surface area (Å²) >= 11 is 0. The van der Waals surface area contributed by atoms with Crippen LogP contribution in [0.2, 0.25) is 0 Å². The average Bonchev–Trinajstić information content (AvgIpc) is 2.70. The molecule has 1 aromatic heterocycles. The zero-order valence-electron chi connectivity index (χ0n) is 16.5. The molecule has 1 saturated heterocycles. The van der Waals surface area contributed by atoms with Crippen LogP contribution in [0.5, 0.6) is 0 Å². The zero-order chi connectivity index (χ0) is 18.9. The van der Waals surface area contributed by atoms with E-state index in [1.807, 2.05) is 6.20 Å². The van der Waals surface area contributed by atoms with E-state index in [1.54, 1.807) is 19.5 Å². The molecule has 5 nitrogen and oxygen atoms in total. The largest absolute Gasteiger partial charge is 0.380 e. The van der Waals surface area contributed by atoms with E-state index in [0.29, 0.717) is 6.61 Å². The Balaban J connectivity index is 1.46. The molecule has 0 spiro atoms. The Morgan fingerprint density at radius 2 is 1.89 bits per heavy atom. The van der Waals surface area contributed by atoms with Gasteiger partial charge in [-0.05, 0) is 18.1 Å². The highest BCUT2D eigenvalue weighted by Gasteiger charge is 2.16. The minimum atomic E-state index is 0.657.